The van der Waals surface area contributed by atoms with Gasteiger partial charge in [0.2, 0.25) is 0 Å². The van der Waals surface area contributed by atoms with Crippen LogP contribution in [0, 0.1) is 5.82 Å². The second-order valence-corrected chi connectivity index (χ2v) is 6.79. The number of likely N-dealkylation sites (N-methyl/N-ethyl adjacent to an activating group) is 1. The molecule has 1 aromatic carbocycles. The number of halogens is 1. The molecule has 0 aliphatic heterocycles. The van der Waals surface area contributed by atoms with Crippen molar-refractivity contribution < 1.29 is 19.2 Å². The minimum Gasteiger partial charge on any atom is -0.486 e. The zero-order valence-electron chi connectivity index (χ0n) is 17.2. The first-order valence-electron chi connectivity index (χ1n) is 9.91. The van der Waals surface area contributed by atoms with E-state index < -0.39 is 5.82 Å². The first kappa shape index (κ1) is 20.5. The topological polar surface area (TPSA) is 104 Å². The summed E-state index contributed by atoms with van der Waals surface area (Å²) in [6.45, 7) is 4.30. The van der Waals surface area contributed by atoms with Crippen LogP contribution in [0.15, 0.2) is 49.1 Å². The molecule has 0 fully saturated rings. The number of pyridine rings is 1. The normalized spacial score (nSPS) is 10.9. The van der Waals surface area contributed by atoms with Crippen LogP contribution in [0.1, 0.15) is 6.92 Å². The maximum absolute atomic E-state index is 14.5. The molecule has 3 N–H and O–H groups in total. The Balaban J connectivity index is 1.52. The molecule has 0 amide bonds. The second kappa shape index (κ2) is 9.35. The van der Waals surface area contributed by atoms with Crippen LogP contribution in [0.25, 0.3) is 10.9 Å². The molecule has 0 radical (unpaired) electrons. The van der Waals surface area contributed by atoms with Crippen LogP contribution < -0.4 is 20.1 Å². The maximum Gasteiger partial charge on any atom is 0.256 e. The molecular weight excluding hydrogens is 401 g/mol. The SMILES string of the molecule is CC[NH2+]CCOc1cnc(Oc2ccc3ncnc(Nc4ccn(C)n4)c3c2)c(F)c1. The number of aromatic nitrogens is 5. The van der Waals surface area contributed by atoms with Crippen molar-refractivity contribution in [2.24, 2.45) is 7.05 Å². The van der Waals surface area contributed by atoms with E-state index in [1.165, 1.54) is 18.6 Å². The minimum absolute atomic E-state index is 0.136. The van der Waals surface area contributed by atoms with Gasteiger partial charge in [0, 0.05) is 30.8 Å². The van der Waals surface area contributed by atoms with Crippen LogP contribution in [-0.4, -0.2) is 44.4 Å². The molecule has 0 saturated heterocycles. The van der Waals surface area contributed by atoms with Crippen molar-refractivity contribution in [2.45, 2.75) is 6.92 Å². The molecule has 160 valence electrons. The average Bonchev–Trinajstić information content (AvgIpc) is 3.18. The molecule has 31 heavy (non-hydrogen) atoms. The predicted molar refractivity (Wildman–Crippen MR) is 113 cm³/mol. The number of nitrogens with two attached hydrogens (primary N) is 1. The first-order chi connectivity index (χ1) is 15.1. The number of quaternary nitrogens is 1. The van der Waals surface area contributed by atoms with E-state index in [1.807, 2.05) is 19.3 Å². The predicted octanol–water partition coefficient (Wildman–Crippen LogP) is 2.40. The monoisotopic (exact) mass is 424 g/mol. The summed E-state index contributed by atoms with van der Waals surface area (Å²) in [6.07, 6.45) is 4.74. The van der Waals surface area contributed by atoms with Gasteiger partial charge in [-0.3, -0.25) is 4.68 Å². The first-order valence-corrected chi connectivity index (χ1v) is 9.91. The fourth-order valence-corrected chi connectivity index (χ4v) is 2.94. The molecule has 9 nitrogen and oxygen atoms in total. The summed E-state index contributed by atoms with van der Waals surface area (Å²) >= 11 is 0. The van der Waals surface area contributed by atoms with Gasteiger partial charge in [0.05, 0.1) is 18.3 Å². The van der Waals surface area contributed by atoms with Crippen LogP contribution in [0.5, 0.6) is 17.4 Å². The third-order valence-corrected chi connectivity index (χ3v) is 4.44. The molecule has 0 atom stereocenters. The number of hydrogen-bond donors (Lipinski definition) is 2. The highest BCUT2D eigenvalue weighted by atomic mass is 19.1. The summed E-state index contributed by atoms with van der Waals surface area (Å²) in [4.78, 5) is 12.6. The van der Waals surface area contributed by atoms with Crippen LogP contribution in [0.4, 0.5) is 16.0 Å². The third kappa shape index (κ3) is 5.04. The Labute approximate surface area is 178 Å². The van der Waals surface area contributed by atoms with Gasteiger partial charge in [-0.2, -0.15) is 5.10 Å². The number of benzene rings is 1. The van der Waals surface area contributed by atoms with Gasteiger partial charge in [0.1, 0.15) is 36.8 Å². The lowest BCUT2D eigenvalue weighted by Gasteiger charge is -2.10. The Morgan fingerprint density at radius 2 is 2.03 bits per heavy atom. The highest BCUT2D eigenvalue weighted by Crippen LogP contribution is 2.30. The molecule has 3 aromatic heterocycles. The van der Waals surface area contributed by atoms with E-state index in [-0.39, 0.29) is 5.88 Å². The lowest BCUT2D eigenvalue weighted by atomic mass is 10.2. The summed E-state index contributed by atoms with van der Waals surface area (Å²) < 4.78 is 27.3. The molecule has 4 rings (SSSR count). The van der Waals surface area contributed by atoms with E-state index >= 15 is 0 Å². The highest BCUT2D eigenvalue weighted by molar-refractivity contribution is 5.91. The number of ether oxygens (including phenoxy) is 2. The molecule has 0 spiro atoms. The molecule has 0 saturated carbocycles. The number of anilines is 2. The smallest absolute Gasteiger partial charge is 0.256 e. The number of aryl methyl sites for hydroxylation is 1. The molecular formula is C21H23FN7O2+. The van der Waals surface area contributed by atoms with Crippen molar-refractivity contribution >= 4 is 22.5 Å². The maximum atomic E-state index is 14.5. The van der Waals surface area contributed by atoms with E-state index in [0.717, 1.165) is 13.1 Å². The van der Waals surface area contributed by atoms with Crippen LogP contribution in [0.3, 0.4) is 0 Å². The van der Waals surface area contributed by atoms with E-state index in [4.69, 9.17) is 9.47 Å². The van der Waals surface area contributed by atoms with Crippen LogP contribution in [0.2, 0.25) is 0 Å². The van der Waals surface area contributed by atoms with Gasteiger partial charge in [-0.05, 0) is 25.1 Å². The van der Waals surface area contributed by atoms with Crippen molar-refractivity contribution in [2.75, 3.05) is 25.0 Å². The Morgan fingerprint density at radius 1 is 1.13 bits per heavy atom. The van der Waals surface area contributed by atoms with Gasteiger partial charge >= 0.3 is 0 Å². The van der Waals surface area contributed by atoms with E-state index in [2.05, 4.69) is 37.6 Å². The molecule has 4 aromatic rings. The quantitative estimate of drug-likeness (QED) is 0.398. The summed E-state index contributed by atoms with van der Waals surface area (Å²) in [5.41, 5.74) is 0.710. The van der Waals surface area contributed by atoms with Crippen molar-refractivity contribution in [1.29, 1.82) is 0 Å². The van der Waals surface area contributed by atoms with E-state index in [1.54, 1.807) is 22.9 Å². The van der Waals surface area contributed by atoms with Gasteiger partial charge < -0.3 is 20.1 Å². The number of hydrogen-bond acceptors (Lipinski definition) is 7. The van der Waals surface area contributed by atoms with Gasteiger partial charge in [-0.25, -0.2) is 19.3 Å². The van der Waals surface area contributed by atoms with Crippen molar-refractivity contribution in [1.82, 2.24) is 24.7 Å². The molecule has 0 bridgehead atoms. The number of nitrogens with one attached hydrogen (secondary N) is 1. The number of fused-ring (bicyclic) bond motifs is 1. The summed E-state index contributed by atoms with van der Waals surface area (Å²) in [5.74, 6) is 1.24. The standard InChI is InChI=1S/C21H22FN7O2/c1-3-23-7-9-30-15-11-17(22)21(24-12-15)31-14-4-5-18-16(10-14)20(26-13-25-18)27-19-6-8-29(2)28-19/h4-6,8,10-13,23H,3,7,9H2,1-2H3,(H,25,26,27,28)/p+1. The zero-order chi connectivity index (χ0) is 21.6. The van der Waals surface area contributed by atoms with Gasteiger partial charge in [-0.1, -0.05) is 0 Å². The molecule has 0 aliphatic carbocycles. The number of nitrogens with zero attached hydrogens (tertiary/aromatic N) is 5. The third-order valence-electron chi connectivity index (χ3n) is 4.44. The number of rotatable bonds is 9. The summed E-state index contributed by atoms with van der Waals surface area (Å²) in [6, 6.07) is 8.30. The fourth-order valence-electron chi connectivity index (χ4n) is 2.94. The van der Waals surface area contributed by atoms with Gasteiger partial charge in [0.25, 0.3) is 5.88 Å². The summed E-state index contributed by atoms with van der Waals surface area (Å²) in [5, 5.41) is 10.3. The largest absolute Gasteiger partial charge is 0.486 e. The molecule has 0 aliphatic rings. The van der Waals surface area contributed by atoms with Gasteiger partial charge in [-0.15, -0.1) is 0 Å². The van der Waals surface area contributed by atoms with Crippen molar-refractivity contribution in [3.05, 3.63) is 54.9 Å². The molecule has 0 unspecified atom stereocenters. The van der Waals surface area contributed by atoms with Crippen LogP contribution in [-0.2, 0) is 7.05 Å². The average molecular weight is 424 g/mol. The van der Waals surface area contributed by atoms with Crippen LogP contribution >= 0.6 is 0 Å². The van der Waals surface area contributed by atoms with E-state index in [0.29, 0.717) is 40.6 Å². The Morgan fingerprint density at radius 3 is 2.81 bits per heavy atom. The lowest BCUT2D eigenvalue weighted by Crippen LogP contribution is -2.84. The van der Waals surface area contributed by atoms with E-state index in [9.17, 15) is 4.39 Å². The molecule has 10 heteroatoms. The fraction of sp³-hybridized carbons (Fsp3) is 0.238. The highest BCUT2D eigenvalue weighted by Gasteiger charge is 2.12. The Bertz CT molecular complexity index is 1180. The molecule has 3 heterocycles. The summed E-state index contributed by atoms with van der Waals surface area (Å²) in [7, 11) is 1.83. The lowest BCUT2D eigenvalue weighted by molar-refractivity contribution is -0.652. The second-order valence-electron chi connectivity index (χ2n) is 6.79. The Kier molecular flexibility index (Phi) is 6.18. The zero-order valence-corrected chi connectivity index (χ0v) is 17.2. The van der Waals surface area contributed by atoms with Crippen molar-refractivity contribution in [3.8, 4) is 17.4 Å². The Hall–Kier alpha value is -3.79. The minimum atomic E-state index is -0.604. The van der Waals surface area contributed by atoms with Gasteiger partial charge in [0.15, 0.2) is 11.6 Å². The van der Waals surface area contributed by atoms with Crippen molar-refractivity contribution in [3.63, 3.8) is 0 Å².